The van der Waals surface area contributed by atoms with Gasteiger partial charge in [-0.1, -0.05) is 30.3 Å². The van der Waals surface area contributed by atoms with Crippen LogP contribution in [0.3, 0.4) is 0 Å². The maximum atomic E-state index is 11.9. The number of benzene rings is 1. The molecular formula is C19H27NO4. The molecule has 0 saturated carbocycles. The van der Waals surface area contributed by atoms with E-state index in [4.69, 9.17) is 9.47 Å². The van der Waals surface area contributed by atoms with E-state index in [0.29, 0.717) is 12.3 Å². The minimum Gasteiger partial charge on any atom is -0.466 e. The summed E-state index contributed by atoms with van der Waals surface area (Å²) in [6.45, 7) is 9.33. The third-order valence-electron chi connectivity index (χ3n) is 3.02. The number of rotatable bonds is 7. The molecule has 1 aromatic carbocycles. The topological polar surface area (TPSA) is 64.6 Å². The molecule has 0 radical (unpaired) electrons. The summed E-state index contributed by atoms with van der Waals surface area (Å²) in [6, 6.07) is 9.30. The molecule has 0 aliphatic heterocycles. The van der Waals surface area contributed by atoms with Gasteiger partial charge in [0.25, 0.3) is 0 Å². The summed E-state index contributed by atoms with van der Waals surface area (Å²) >= 11 is 0. The lowest BCUT2D eigenvalue weighted by Gasteiger charge is -2.21. The summed E-state index contributed by atoms with van der Waals surface area (Å²) in [4.78, 5) is 23.7. The van der Waals surface area contributed by atoms with Gasteiger partial charge in [-0.05, 0) is 40.2 Å². The van der Waals surface area contributed by atoms with E-state index in [1.165, 1.54) is 6.08 Å². The first-order valence-electron chi connectivity index (χ1n) is 8.09. The first kappa shape index (κ1) is 19.7. The molecule has 0 aromatic heterocycles. The largest absolute Gasteiger partial charge is 0.466 e. The second kappa shape index (κ2) is 9.11. The lowest BCUT2D eigenvalue weighted by atomic mass is 10.0. The van der Waals surface area contributed by atoms with Crippen LogP contribution in [-0.2, 0) is 19.1 Å². The Labute approximate surface area is 144 Å². The number of carbonyl (C=O) groups excluding carboxylic acids is 2. The highest BCUT2D eigenvalue weighted by atomic mass is 16.6. The molecule has 132 valence electrons. The minimum absolute atomic E-state index is 0.178. The predicted molar refractivity (Wildman–Crippen MR) is 93.2 cm³/mol. The van der Waals surface area contributed by atoms with Crippen molar-refractivity contribution in [1.82, 2.24) is 5.32 Å². The molecule has 0 aliphatic rings. The number of hydrogen-bond donors (Lipinski definition) is 1. The zero-order valence-electron chi connectivity index (χ0n) is 15.1. The van der Waals surface area contributed by atoms with E-state index < -0.39 is 11.6 Å². The van der Waals surface area contributed by atoms with Crippen LogP contribution < -0.4 is 5.32 Å². The van der Waals surface area contributed by atoms with Gasteiger partial charge in [-0.2, -0.15) is 0 Å². The van der Waals surface area contributed by atoms with Crippen LogP contribution >= 0.6 is 0 Å². The van der Waals surface area contributed by atoms with Gasteiger partial charge < -0.3 is 14.8 Å². The van der Waals surface area contributed by atoms with E-state index in [2.05, 4.69) is 5.32 Å². The average molecular weight is 333 g/mol. The third kappa shape index (κ3) is 7.81. The molecule has 0 spiro atoms. The first-order valence-corrected chi connectivity index (χ1v) is 8.09. The van der Waals surface area contributed by atoms with Gasteiger partial charge in [0.1, 0.15) is 5.60 Å². The van der Waals surface area contributed by atoms with E-state index in [9.17, 15) is 9.59 Å². The first-order chi connectivity index (χ1) is 11.2. The molecule has 0 saturated heterocycles. The summed E-state index contributed by atoms with van der Waals surface area (Å²) in [5, 5.41) is 3.20. The smallest absolute Gasteiger partial charge is 0.333 e. The molecule has 1 atom stereocenters. The fourth-order valence-electron chi connectivity index (χ4n) is 2.15. The molecular weight excluding hydrogens is 306 g/mol. The zero-order chi connectivity index (χ0) is 18.2. The Balaban J connectivity index is 2.84. The van der Waals surface area contributed by atoms with Crippen molar-refractivity contribution in [3.8, 4) is 0 Å². The number of nitrogens with one attached hydrogen (secondary N) is 1. The lowest BCUT2D eigenvalue weighted by Crippen LogP contribution is -2.26. The molecule has 24 heavy (non-hydrogen) atoms. The van der Waals surface area contributed by atoms with Crippen LogP contribution in [0.5, 0.6) is 0 Å². The normalized spacial score (nSPS) is 13.1. The summed E-state index contributed by atoms with van der Waals surface area (Å²) in [5.41, 5.74) is 1.03. The molecule has 5 heteroatoms. The highest BCUT2D eigenvalue weighted by Gasteiger charge is 2.18. The number of esters is 2. The molecule has 0 amide bonds. The van der Waals surface area contributed by atoms with Crippen molar-refractivity contribution < 1.29 is 19.1 Å². The average Bonchev–Trinajstić information content (AvgIpc) is 2.45. The maximum absolute atomic E-state index is 11.9. The number of hydrogen-bond acceptors (Lipinski definition) is 5. The van der Waals surface area contributed by atoms with Gasteiger partial charge in [0.05, 0.1) is 19.1 Å². The van der Waals surface area contributed by atoms with Crippen molar-refractivity contribution in [1.29, 1.82) is 0 Å². The van der Waals surface area contributed by atoms with Crippen LogP contribution in [-0.4, -0.2) is 24.1 Å². The van der Waals surface area contributed by atoms with Crippen molar-refractivity contribution in [2.45, 2.75) is 52.7 Å². The van der Waals surface area contributed by atoms with Gasteiger partial charge in [-0.3, -0.25) is 4.79 Å². The van der Waals surface area contributed by atoms with Crippen molar-refractivity contribution in [2.24, 2.45) is 0 Å². The molecule has 5 nitrogen and oxygen atoms in total. The monoisotopic (exact) mass is 333 g/mol. The van der Waals surface area contributed by atoms with Gasteiger partial charge in [-0.15, -0.1) is 0 Å². The van der Waals surface area contributed by atoms with Crippen LogP contribution in [0, 0.1) is 0 Å². The van der Waals surface area contributed by atoms with E-state index >= 15 is 0 Å². The fourth-order valence-corrected chi connectivity index (χ4v) is 2.15. The SMILES string of the molecule is CCOC(=O)CC(N/C(C)=C\C(=O)OC(C)(C)C)c1ccccc1. The molecule has 0 heterocycles. The molecule has 0 bridgehead atoms. The highest BCUT2D eigenvalue weighted by Crippen LogP contribution is 2.19. The van der Waals surface area contributed by atoms with E-state index in [0.717, 1.165) is 5.56 Å². The van der Waals surface area contributed by atoms with Crippen LogP contribution in [0.25, 0.3) is 0 Å². The lowest BCUT2D eigenvalue weighted by molar-refractivity contribution is -0.148. The molecule has 1 aromatic rings. The summed E-state index contributed by atoms with van der Waals surface area (Å²) in [7, 11) is 0. The molecule has 1 unspecified atom stereocenters. The van der Waals surface area contributed by atoms with Crippen LogP contribution in [0.2, 0.25) is 0 Å². The van der Waals surface area contributed by atoms with Gasteiger partial charge >= 0.3 is 11.9 Å². The quantitative estimate of drug-likeness (QED) is 0.611. The standard InChI is InChI=1S/C19H27NO4/c1-6-23-17(21)13-16(15-10-8-7-9-11-15)20-14(2)12-18(22)24-19(3,4)5/h7-12,16,20H,6,13H2,1-5H3/b14-12-. The Kier molecular flexibility index (Phi) is 7.49. The summed E-state index contributed by atoms with van der Waals surface area (Å²) < 4.78 is 10.3. The number of ether oxygens (including phenoxy) is 2. The maximum Gasteiger partial charge on any atom is 0.333 e. The Bertz CT molecular complexity index is 573. The Morgan fingerprint density at radius 2 is 1.83 bits per heavy atom. The Morgan fingerprint density at radius 1 is 1.21 bits per heavy atom. The van der Waals surface area contributed by atoms with E-state index in [1.807, 2.05) is 51.1 Å². The van der Waals surface area contributed by atoms with Crippen LogP contribution in [0.15, 0.2) is 42.1 Å². The third-order valence-corrected chi connectivity index (χ3v) is 3.02. The predicted octanol–water partition coefficient (Wildman–Crippen LogP) is 3.52. The highest BCUT2D eigenvalue weighted by molar-refractivity contribution is 5.83. The second-order valence-corrected chi connectivity index (χ2v) is 6.48. The van der Waals surface area contributed by atoms with E-state index in [1.54, 1.807) is 13.8 Å². The van der Waals surface area contributed by atoms with Crippen molar-refractivity contribution >= 4 is 11.9 Å². The zero-order valence-corrected chi connectivity index (χ0v) is 15.1. The molecule has 1 N–H and O–H groups in total. The van der Waals surface area contributed by atoms with Gasteiger partial charge in [0.2, 0.25) is 0 Å². The number of carbonyl (C=O) groups is 2. The molecule has 0 fully saturated rings. The van der Waals surface area contributed by atoms with Crippen LogP contribution in [0.1, 0.15) is 52.6 Å². The number of allylic oxidation sites excluding steroid dienone is 1. The van der Waals surface area contributed by atoms with Gasteiger partial charge in [-0.25, -0.2) is 4.79 Å². The van der Waals surface area contributed by atoms with Crippen molar-refractivity contribution in [2.75, 3.05) is 6.61 Å². The van der Waals surface area contributed by atoms with Gasteiger partial charge in [0.15, 0.2) is 0 Å². The minimum atomic E-state index is -0.544. The molecule has 1 rings (SSSR count). The summed E-state index contributed by atoms with van der Waals surface area (Å²) in [5.74, 6) is -0.709. The fraction of sp³-hybridized carbons (Fsp3) is 0.474. The van der Waals surface area contributed by atoms with Crippen LogP contribution in [0.4, 0.5) is 0 Å². The Hall–Kier alpha value is -2.30. The van der Waals surface area contributed by atoms with Gasteiger partial charge in [0, 0.05) is 11.8 Å². The Morgan fingerprint density at radius 3 is 2.38 bits per heavy atom. The molecule has 0 aliphatic carbocycles. The van der Waals surface area contributed by atoms with E-state index in [-0.39, 0.29) is 18.4 Å². The van der Waals surface area contributed by atoms with Crippen molar-refractivity contribution in [3.05, 3.63) is 47.7 Å². The second-order valence-electron chi connectivity index (χ2n) is 6.48. The van der Waals surface area contributed by atoms with Crippen molar-refractivity contribution in [3.63, 3.8) is 0 Å². The summed E-state index contributed by atoms with van der Waals surface area (Å²) in [6.07, 6.45) is 1.57.